The molecule has 32 heavy (non-hydrogen) atoms. The van der Waals surface area contributed by atoms with Crippen LogP contribution in [0, 0.1) is 5.92 Å². The molecule has 168 valence electrons. The first-order valence-corrected chi connectivity index (χ1v) is 11.9. The van der Waals surface area contributed by atoms with Crippen molar-refractivity contribution in [2.24, 2.45) is 5.92 Å². The number of rotatable bonds is 10. The van der Waals surface area contributed by atoms with E-state index in [-0.39, 0.29) is 17.9 Å². The van der Waals surface area contributed by atoms with Gasteiger partial charge in [-0.1, -0.05) is 69.5 Å². The molecule has 2 atom stereocenters. The third-order valence-electron chi connectivity index (χ3n) is 6.69. The van der Waals surface area contributed by atoms with Crippen molar-refractivity contribution in [1.29, 1.82) is 0 Å². The van der Waals surface area contributed by atoms with Crippen LogP contribution in [0.15, 0.2) is 54.7 Å². The molecule has 0 fully saturated rings. The number of carbonyl (C=O) groups excluding carboxylic acids is 2. The summed E-state index contributed by atoms with van der Waals surface area (Å²) in [5.74, 6) is 0.537. The highest BCUT2D eigenvalue weighted by molar-refractivity contribution is 6.01. The monoisotopic (exact) mass is 431 g/mol. The van der Waals surface area contributed by atoms with E-state index in [0.717, 1.165) is 47.0 Å². The largest absolute Gasteiger partial charge is 0.361 e. The van der Waals surface area contributed by atoms with E-state index in [9.17, 15) is 9.59 Å². The molecule has 1 aliphatic rings. The smallest absolute Gasteiger partial charge is 0.255 e. The van der Waals surface area contributed by atoms with E-state index < -0.39 is 0 Å². The molecular formula is C27H33N3O2. The predicted molar refractivity (Wildman–Crippen MR) is 129 cm³/mol. The van der Waals surface area contributed by atoms with E-state index in [4.69, 9.17) is 0 Å². The maximum absolute atomic E-state index is 13.3. The molecule has 1 aromatic heterocycles. The number of carbonyl (C=O) groups is 2. The van der Waals surface area contributed by atoms with Crippen LogP contribution in [-0.4, -0.2) is 34.8 Å². The van der Waals surface area contributed by atoms with Gasteiger partial charge in [0.2, 0.25) is 5.91 Å². The van der Waals surface area contributed by atoms with E-state index in [1.165, 1.54) is 12.8 Å². The number of hydrogen-bond donors (Lipinski definition) is 2. The Labute approximate surface area is 190 Å². The number of fused-ring (bicyclic) bond motifs is 2. The second-order valence-corrected chi connectivity index (χ2v) is 8.75. The zero-order chi connectivity index (χ0) is 22.5. The predicted octanol–water partition coefficient (Wildman–Crippen LogP) is 5.44. The van der Waals surface area contributed by atoms with Crippen LogP contribution >= 0.6 is 0 Å². The average molecular weight is 432 g/mol. The van der Waals surface area contributed by atoms with Crippen LogP contribution in [0.4, 0.5) is 0 Å². The van der Waals surface area contributed by atoms with Crippen LogP contribution in [0.1, 0.15) is 73.5 Å². The second-order valence-electron chi connectivity index (χ2n) is 8.75. The summed E-state index contributed by atoms with van der Waals surface area (Å²) >= 11 is 0. The number of hydrogen-bond acceptors (Lipinski definition) is 2. The molecular weight excluding hydrogens is 398 g/mol. The molecule has 1 aliphatic heterocycles. The zero-order valence-corrected chi connectivity index (χ0v) is 19.1. The molecule has 5 heteroatoms. The highest BCUT2D eigenvalue weighted by Crippen LogP contribution is 2.41. The Hall–Kier alpha value is -3.08. The van der Waals surface area contributed by atoms with Crippen LogP contribution < -0.4 is 5.32 Å². The van der Waals surface area contributed by atoms with Crippen molar-refractivity contribution >= 4 is 22.7 Å². The average Bonchev–Trinajstić information content (AvgIpc) is 3.36. The quantitative estimate of drug-likeness (QED) is 0.449. The maximum atomic E-state index is 13.3. The van der Waals surface area contributed by atoms with E-state index in [2.05, 4.69) is 30.2 Å². The first-order valence-electron chi connectivity index (χ1n) is 11.9. The fraction of sp³-hybridized carbons (Fsp3) is 0.407. The van der Waals surface area contributed by atoms with Crippen LogP contribution in [0.3, 0.4) is 0 Å². The van der Waals surface area contributed by atoms with Crippen LogP contribution in [-0.2, 0) is 4.79 Å². The van der Waals surface area contributed by atoms with Gasteiger partial charge in [-0.3, -0.25) is 9.59 Å². The van der Waals surface area contributed by atoms with Crippen molar-refractivity contribution in [3.63, 3.8) is 0 Å². The third-order valence-corrected chi connectivity index (χ3v) is 6.69. The summed E-state index contributed by atoms with van der Waals surface area (Å²) in [6.07, 6.45) is 6.90. The molecule has 2 N–H and O–H groups in total. The van der Waals surface area contributed by atoms with Crippen molar-refractivity contribution in [3.8, 4) is 0 Å². The van der Waals surface area contributed by atoms with Crippen molar-refractivity contribution in [2.75, 3.05) is 13.1 Å². The number of aromatic nitrogens is 1. The van der Waals surface area contributed by atoms with Gasteiger partial charge in [0, 0.05) is 47.7 Å². The van der Waals surface area contributed by atoms with Gasteiger partial charge in [-0.05, 0) is 30.0 Å². The summed E-state index contributed by atoms with van der Waals surface area (Å²) in [5, 5.41) is 4.21. The molecule has 4 rings (SSSR count). The molecule has 0 bridgehead atoms. The molecule has 2 aromatic carbocycles. The standard InChI is InChI=1S/C27H33N3O2/c1-3-5-10-19(4-2)17-29-25(31)15-16-30-26(21-12-6-7-13-22(21)27(30)32)23-18-28-24-14-9-8-11-20(23)24/h6-9,11-14,18-19,26,28H,3-5,10,15-17H2,1-2H3,(H,29,31)/t19-,26+/m0/s1. The summed E-state index contributed by atoms with van der Waals surface area (Å²) in [4.78, 5) is 31.1. The van der Waals surface area contributed by atoms with E-state index in [0.29, 0.717) is 18.9 Å². The lowest BCUT2D eigenvalue weighted by Crippen LogP contribution is -2.35. The Bertz CT molecular complexity index is 1090. The zero-order valence-electron chi connectivity index (χ0n) is 19.1. The van der Waals surface area contributed by atoms with Crippen molar-refractivity contribution in [1.82, 2.24) is 15.2 Å². The first kappa shape index (κ1) is 22.1. The second kappa shape index (κ2) is 10.0. The first-order chi connectivity index (χ1) is 15.6. The van der Waals surface area contributed by atoms with Gasteiger partial charge < -0.3 is 15.2 Å². The van der Waals surface area contributed by atoms with Gasteiger partial charge in [0.05, 0.1) is 6.04 Å². The summed E-state index contributed by atoms with van der Waals surface area (Å²) < 4.78 is 0. The number of aromatic amines is 1. The summed E-state index contributed by atoms with van der Waals surface area (Å²) in [7, 11) is 0. The minimum absolute atomic E-state index is 0.00179. The minimum Gasteiger partial charge on any atom is -0.361 e. The highest BCUT2D eigenvalue weighted by Gasteiger charge is 2.38. The number of nitrogens with one attached hydrogen (secondary N) is 2. The number of H-pyrrole nitrogens is 1. The Kier molecular flexibility index (Phi) is 6.93. The Morgan fingerprint density at radius 2 is 1.88 bits per heavy atom. The Morgan fingerprint density at radius 1 is 1.09 bits per heavy atom. The Morgan fingerprint density at radius 3 is 2.69 bits per heavy atom. The molecule has 3 aromatic rings. The molecule has 0 spiro atoms. The lowest BCUT2D eigenvalue weighted by atomic mass is 9.97. The Balaban J connectivity index is 1.50. The van der Waals surface area contributed by atoms with E-state index in [1.807, 2.05) is 53.6 Å². The van der Waals surface area contributed by atoms with Crippen molar-refractivity contribution in [2.45, 2.75) is 52.0 Å². The van der Waals surface area contributed by atoms with Gasteiger partial charge in [0.25, 0.3) is 5.91 Å². The number of amides is 2. The normalized spacial score (nSPS) is 16.4. The van der Waals surface area contributed by atoms with Crippen LogP contribution in [0.25, 0.3) is 10.9 Å². The highest BCUT2D eigenvalue weighted by atomic mass is 16.2. The van der Waals surface area contributed by atoms with Crippen LogP contribution in [0.5, 0.6) is 0 Å². The summed E-state index contributed by atoms with van der Waals surface area (Å²) in [5.41, 5.74) is 3.86. The number of para-hydroxylation sites is 1. The molecule has 0 radical (unpaired) electrons. The fourth-order valence-electron chi connectivity index (χ4n) is 4.77. The minimum atomic E-state index is -0.185. The number of benzene rings is 2. The number of nitrogens with zero attached hydrogens (tertiary/aromatic N) is 1. The third kappa shape index (κ3) is 4.43. The van der Waals surface area contributed by atoms with Crippen molar-refractivity contribution in [3.05, 3.63) is 71.4 Å². The van der Waals surface area contributed by atoms with Crippen molar-refractivity contribution < 1.29 is 9.59 Å². The molecule has 0 unspecified atom stereocenters. The summed E-state index contributed by atoms with van der Waals surface area (Å²) in [6.45, 7) is 5.49. The van der Waals surface area contributed by atoms with Crippen LogP contribution in [0.2, 0.25) is 0 Å². The van der Waals surface area contributed by atoms with Gasteiger partial charge in [-0.2, -0.15) is 0 Å². The molecule has 2 heterocycles. The molecule has 0 saturated carbocycles. The molecule has 0 aliphatic carbocycles. The maximum Gasteiger partial charge on any atom is 0.255 e. The SMILES string of the molecule is CCCC[C@H](CC)CNC(=O)CCN1C(=O)c2ccccc2[C@@H]1c1c[nH]c2ccccc12. The molecule has 0 saturated heterocycles. The van der Waals surface area contributed by atoms with Gasteiger partial charge in [0.15, 0.2) is 0 Å². The van der Waals surface area contributed by atoms with E-state index in [1.54, 1.807) is 0 Å². The number of unbranched alkanes of at least 4 members (excludes halogenated alkanes) is 1. The lowest BCUT2D eigenvalue weighted by Gasteiger charge is -2.25. The lowest BCUT2D eigenvalue weighted by molar-refractivity contribution is -0.121. The molecule has 5 nitrogen and oxygen atoms in total. The van der Waals surface area contributed by atoms with Gasteiger partial charge >= 0.3 is 0 Å². The van der Waals surface area contributed by atoms with Gasteiger partial charge in [-0.25, -0.2) is 0 Å². The van der Waals surface area contributed by atoms with E-state index >= 15 is 0 Å². The molecule has 2 amide bonds. The fourth-order valence-corrected chi connectivity index (χ4v) is 4.77. The van der Waals surface area contributed by atoms with Gasteiger partial charge in [0.1, 0.15) is 0 Å². The summed E-state index contributed by atoms with van der Waals surface area (Å²) in [6, 6.07) is 15.8. The van der Waals surface area contributed by atoms with Gasteiger partial charge in [-0.15, -0.1) is 0 Å². The topological polar surface area (TPSA) is 65.2 Å².